The van der Waals surface area contributed by atoms with Gasteiger partial charge in [-0.25, -0.2) is 4.68 Å². The molecule has 0 aliphatic carbocycles. The van der Waals surface area contributed by atoms with Gasteiger partial charge in [0.1, 0.15) is 0 Å². The Kier molecular flexibility index (Phi) is 4.54. The molecule has 0 saturated carbocycles. The van der Waals surface area contributed by atoms with Gasteiger partial charge in [-0.1, -0.05) is 0 Å². The molecule has 0 saturated heterocycles. The number of amides is 1. The molecular formula is C8H15N5OS. The van der Waals surface area contributed by atoms with Crippen molar-refractivity contribution in [2.45, 2.75) is 25.6 Å². The van der Waals surface area contributed by atoms with E-state index in [2.05, 4.69) is 20.8 Å². The average molecular weight is 229 g/mol. The zero-order valence-corrected chi connectivity index (χ0v) is 9.91. The van der Waals surface area contributed by atoms with Crippen molar-refractivity contribution in [1.82, 2.24) is 25.5 Å². The number of hydrogen-bond acceptors (Lipinski definition) is 5. The smallest absolute Gasteiger partial charge is 0.229 e. The summed E-state index contributed by atoms with van der Waals surface area (Å²) < 4.78 is 1.76. The number of nitrogens with zero attached hydrogens (tertiary/aromatic N) is 4. The lowest BCUT2D eigenvalue weighted by molar-refractivity contribution is -0.118. The Morgan fingerprint density at radius 1 is 1.60 bits per heavy atom. The molecule has 0 aliphatic heterocycles. The predicted octanol–water partition coefficient (Wildman–Crippen LogP) is 0.233. The SMILES string of the molecule is CNC(=O)CSCc1nnnn1C(C)C. The molecule has 1 heterocycles. The first-order chi connectivity index (χ1) is 7.15. The highest BCUT2D eigenvalue weighted by atomic mass is 32.2. The number of carbonyl (C=O) groups is 1. The molecule has 1 N–H and O–H groups in total. The van der Waals surface area contributed by atoms with Crippen molar-refractivity contribution in [2.24, 2.45) is 0 Å². The van der Waals surface area contributed by atoms with Crippen LogP contribution in [0.4, 0.5) is 0 Å². The van der Waals surface area contributed by atoms with Crippen molar-refractivity contribution >= 4 is 17.7 Å². The Labute approximate surface area is 92.8 Å². The summed E-state index contributed by atoms with van der Waals surface area (Å²) >= 11 is 1.50. The number of hydrogen-bond donors (Lipinski definition) is 1. The molecule has 0 radical (unpaired) electrons. The number of rotatable bonds is 5. The Hall–Kier alpha value is -1.11. The first-order valence-electron chi connectivity index (χ1n) is 4.70. The lowest BCUT2D eigenvalue weighted by Gasteiger charge is -2.06. The van der Waals surface area contributed by atoms with Crippen LogP contribution in [0.2, 0.25) is 0 Å². The van der Waals surface area contributed by atoms with Crippen molar-refractivity contribution in [3.05, 3.63) is 5.82 Å². The van der Waals surface area contributed by atoms with E-state index in [0.29, 0.717) is 11.5 Å². The maximum absolute atomic E-state index is 11.0. The van der Waals surface area contributed by atoms with Crippen LogP contribution in [-0.2, 0) is 10.5 Å². The quantitative estimate of drug-likeness (QED) is 0.782. The first kappa shape index (κ1) is 12.0. The average Bonchev–Trinajstić information content (AvgIpc) is 2.65. The standard InChI is InChI=1S/C8H15N5OS/c1-6(2)13-7(10-11-12-13)4-15-5-8(14)9-3/h6H,4-5H2,1-3H3,(H,9,14). The summed E-state index contributed by atoms with van der Waals surface area (Å²) in [5.41, 5.74) is 0. The number of tetrazole rings is 1. The fourth-order valence-electron chi connectivity index (χ4n) is 1.02. The maximum Gasteiger partial charge on any atom is 0.229 e. The van der Waals surface area contributed by atoms with E-state index in [4.69, 9.17) is 0 Å². The van der Waals surface area contributed by atoms with Crippen LogP contribution in [0.5, 0.6) is 0 Å². The summed E-state index contributed by atoms with van der Waals surface area (Å²) in [6.07, 6.45) is 0. The van der Waals surface area contributed by atoms with Gasteiger partial charge in [-0.15, -0.1) is 16.9 Å². The molecule has 0 spiro atoms. The van der Waals surface area contributed by atoms with Crippen molar-refractivity contribution in [1.29, 1.82) is 0 Å². The molecule has 1 aromatic heterocycles. The minimum absolute atomic E-state index is 0.0172. The number of thioether (sulfide) groups is 1. The van der Waals surface area contributed by atoms with Crippen molar-refractivity contribution in [3.8, 4) is 0 Å². The van der Waals surface area contributed by atoms with E-state index in [1.807, 2.05) is 13.8 Å². The normalized spacial score (nSPS) is 10.7. The van der Waals surface area contributed by atoms with E-state index in [1.54, 1.807) is 11.7 Å². The summed E-state index contributed by atoms with van der Waals surface area (Å²) in [6.45, 7) is 4.03. The second-order valence-corrected chi connectivity index (χ2v) is 4.29. The fourth-order valence-corrected chi connectivity index (χ4v) is 1.82. The first-order valence-corrected chi connectivity index (χ1v) is 5.85. The largest absolute Gasteiger partial charge is 0.358 e. The van der Waals surface area contributed by atoms with Crippen LogP contribution in [-0.4, -0.2) is 38.9 Å². The van der Waals surface area contributed by atoms with Gasteiger partial charge in [0.15, 0.2) is 5.82 Å². The molecule has 1 amide bonds. The second kappa shape index (κ2) is 5.69. The van der Waals surface area contributed by atoms with E-state index in [9.17, 15) is 4.79 Å². The highest BCUT2D eigenvalue weighted by molar-refractivity contribution is 7.99. The summed E-state index contributed by atoms with van der Waals surface area (Å²) in [4.78, 5) is 11.0. The second-order valence-electron chi connectivity index (χ2n) is 3.30. The molecule has 15 heavy (non-hydrogen) atoms. The van der Waals surface area contributed by atoms with E-state index >= 15 is 0 Å². The van der Waals surface area contributed by atoms with Gasteiger partial charge in [-0.3, -0.25) is 4.79 Å². The van der Waals surface area contributed by atoms with Gasteiger partial charge in [0.05, 0.1) is 17.5 Å². The molecule has 0 unspecified atom stereocenters. The number of carbonyl (C=O) groups excluding carboxylic acids is 1. The van der Waals surface area contributed by atoms with Gasteiger partial charge < -0.3 is 5.32 Å². The number of nitrogens with one attached hydrogen (secondary N) is 1. The van der Waals surface area contributed by atoms with Crippen molar-refractivity contribution in [3.63, 3.8) is 0 Å². The maximum atomic E-state index is 11.0. The van der Waals surface area contributed by atoms with Crippen LogP contribution >= 0.6 is 11.8 Å². The topological polar surface area (TPSA) is 72.7 Å². The minimum Gasteiger partial charge on any atom is -0.358 e. The van der Waals surface area contributed by atoms with E-state index in [-0.39, 0.29) is 11.9 Å². The molecule has 0 bridgehead atoms. The van der Waals surface area contributed by atoms with Gasteiger partial charge >= 0.3 is 0 Å². The van der Waals surface area contributed by atoms with Crippen LogP contribution < -0.4 is 5.32 Å². The van der Waals surface area contributed by atoms with Crippen molar-refractivity contribution < 1.29 is 4.79 Å². The summed E-state index contributed by atoms with van der Waals surface area (Å²) in [5, 5.41) is 14.0. The van der Waals surface area contributed by atoms with Crippen LogP contribution in [0.25, 0.3) is 0 Å². The third kappa shape index (κ3) is 3.50. The van der Waals surface area contributed by atoms with Crippen LogP contribution in [0.3, 0.4) is 0 Å². The van der Waals surface area contributed by atoms with E-state index < -0.39 is 0 Å². The highest BCUT2D eigenvalue weighted by Gasteiger charge is 2.09. The molecular weight excluding hydrogens is 214 g/mol. The zero-order valence-electron chi connectivity index (χ0n) is 9.10. The van der Waals surface area contributed by atoms with Crippen molar-refractivity contribution in [2.75, 3.05) is 12.8 Å². The summed E-state index contributed by atoms with van der Waals surface area (Å²) in [7, 11) is 1.63. The highest BCUT2D eigenvalue weighted by Crippen LogP contribution is 2.11. The molecule has 84 valence electrons. The van der Waals surface area contributed by atoms with Crippen LogP contribution in [0.15, 0.2) is 0 Å². The Balaban J connectivity index is 2.43. The predicted molar refractivity (Wildman–Crippen MR) is 58.4 cm³/mol. The molecule has 0 aromatic carbocycles. The Bertz CT molecular complexity index is 325. The lowest BCUT2D eigenvalue weighted by Crippen LogP contribution is -2.20. The fraction of sp³-hybridized carbons (Fsp3) is 0.750. The van der Waals surface area contributed by atoms with Gasteiger partial charge in [-0.2, -0.15) is 0 Å². The van der Waals surface area contributed by atoms with Gasteiger partial charge in [0.2, 0.25) is 5.91 Å². The van der Waals surface area contributed by atoms with Crippen LogP contribution in [0, 0.1) is 0 Å². The zero-order chi connectivity index (χ0) is 11.3. The molecule has 0 atom stereocenters. The van der Waals surface area contributed by atoms with E-state index in [0.717, 1.165) is 5.82 Å². The van der Waals surface area contributed by atoms with Gasteiger partial charge in [0, 0.05) is 7.05 Å². The van der Waals surface area contributed by atoms with Gasteiger partial charge in [0.25, 0.3) is 0 Å². The monoisotopic (exact) mass is 229 g/mol. The summed E-state index contributed by atoms with van der Waals surface area (Å²) in [5.74, 6) is 1.91. The minimum atomic E-state index is 0.0172. The molecule has 1 rings (SSSR count). The van der Waals surface area contributed by atoms with Crippen LogP contribution in [0.1, 0.15) is 25.7 Å². The third-order valence-electron chi connectivity index (χ3n) is 1.79. The molecule has 1 aromatic rings. The Morgan fingerprint density at radius 3 is 2.93 bits per heavy atom. The molecule has 0 fully saturated rings. The Morgan fingerprint density at radius 2 is 2.33 bits per heavy atom. The van der Waals surface area contributed by atoms with Gasteiger partial charge in [-0.05, 0) is 24.3 Å². The number of aromatic nitrogens is 4. The lowest BCUT2D eigenvalue weighted by atomic mass is 10.4. The third-order valence-corrected chi connectivity index (χ3v) is 2.72. The molecule has 7 heteroatoms. The molecule has 6 nitrogen and oxygen atoms in total. The van der Waals surface area contributed by atoms with E-state index in [1.165, 1.54) is 11.8 Å². The summed E-state index contributed by atoms with van der Waals surface area (Å²) in [6, 6.07) is 0.246. The molecule has 0 aliphatic rings.